The quantitative estimate of drug-likeness (QED) is 0.281. The Kier molecular flexibility index (Phi) is 7.94. The first-order valence-corrected chi connectivity index (χ1v) is 10.4. The zero-order valence-corrected chi connectivity index (χ0v) is 18.6. The fourth-order valence-corrected chi connectivity index (χ4v) is 3.20. The highest BCUT2D eigenvalue weighted by Crippen LogP contribution is 2.20. The van der Waals surface area contributed by atoms with E-state index in [-0.39, 0.29) is 24.1 Å². The van der Waals surface area contributed by atoms with Crippen LogP contribution in [0.15, 0.2) is 48.5 Å². The van der Waals surface area contributed by atoms with Gasteiger partial charge >= 0.3 is 5.97 Å². The van der Waals surface area contributed by atoms with Crippen molar-refractivity contribution in [3.05, 3.63) is 74.8 Å². The molecule has 2 aromatic rings. The number of rotatable bonds is 7. The summed E-state index contributed by atoms with van der Waals surface area (Å²) in [7, 11) is 0. The monoisotopic (exact) mass is 503 g/mol. The van der Waals surface area contributed by atoms with Gasteiger partial charge in [-0.1, -0.05) is 23.7 Å². The van der Waals surface area contributed by atoms with Gasteiger partial charge in [0.2, 0.25) is 5.91 Å². The SMILES string of the molecule is O=C(COC(=O)[C@H]1CC(=O)N(NC(=O)c2ccccc2[N+](=O)[O-])C1)NNC(=O)c1ccc(Cl)cc1. The summed E-state index contributed by atoms with van der Waals surface area (Å²) >= 11 is 5.74. The summed E-state index contributed by atoms with van der Waals surface area (Å²) in [5, 5.41) is 12.4. The van der Waals surface area contributed by atoms with Crippen molar-refractivity contribution in [2.75, 3.05) is 13.2 Å². The van der Waals surface area contributed by atoms with Gasteiger partial charge in [-0.2, -0.15) is 0 Å². The summed E-state index contributed by atoms with van der Waals surface area (Å²) in [4.78, 5) is 71.0. The molecule has 4 amide bonds. The van der Waals surface area contributed by atoms with Crippen molar-refractivity contribution < 1.29 is 33.6 Å². The third-order valence-electron chi connectivity index (χ3n) is 4.81. The molecule has 1 heterocycles. The molecule has 0 aromatic heterocycles. The second-order valence-electron chi connectivity index (χ2n) is 7.24. The van der Waals surface area contributed by atoms with Gasteiger partial charge in [-0.15, -0.1) is 0 Å². The molecule has 0 aliphatic carbocycles. The number of ether oxygens (including phenoxy) is 1. The maximum Gasteiger partial charge on any atom is 0.311 e. The highest BCUT2D eigenvalue weighted by molar-refractivity contribution is 6.30. The average molecular weight is 504 g/mol. The van der Waals surface area contributed by atoms with E-state index in [0.717, 1.165) is 11.1 Å². The molecule has 0 bridgehead atoms. The molecule has 0 saturated carbocycles. The minimum Gasteiger partial charge on any atom is -0.455 e. The Bertz CT molecular complexity index is 1190. The smallest absolute Gasteiger partial charge is 0.311 e. The highest BCUT2D eigenvalue weighted by Gasteiger charge is 2.37. The van der Waals surface area contributed by atoms with Crippen molar-refractivity contribution >= 4 is 46.9 Å². The standard InChI is InChI=1S/C21H18ClN5O8/c22-14-7-5-12(6-8-14)19(30)24-23-17(28)11-35-21(32)13-9-18(29)26(10-13)25-20(31)15-3-1-2-4-16(15)27(33)34/h1-8,13H,9-11H2,(H,23,28)(H,24,30)(H,25,31)/t13-/m0/s1. The van der Waals surface area contributed by atoms with Gasteiger partial charge < -0.3 is 4.74 Å². The number of hydrogen-bond acceptors (Lipinski definition) is 8. The van der Waals surface area contributed by atoms with Crippen LogP contribution in [0.1, 0.15) is 27.1 Å². The van der Waals surface area contributed by atoms with Crippen LogP contribution in [0.3, 0.4) is 0 Å². The third kappa shape index (κ3) is 6.51. The fourth-order valence-electron chi connectivity index (χ4n) is 3.07. The highest BCUT2D eigenvalue weighted by atomic mass is 35.5. The van der Waals surface area contributed by atoms with Crippen LogP contribution in [0.4, 0.5) is 5.69 Å². The van der Waals surface area contributed by atoms with E-state index in [1.807, 2.05) is 0 Å². The molecule has 182 valence electrons. The summed E-state index contributed by atoms with van der Waals surface area (Å²) < 4.78 is 4.88. The van der Waals surface area contributed by atoms with Crippen LogP contribution in [0.25, 0.3) is 0 Å². The van der Waals surface area contributed by atoms with Crippen molar-refractivity contribution in [3.63, 3.8) is 0 Å². The zero-order chi connectivity index (χ0) is 25.5. The molecule has 14 heteroatoms. The van der Waals surface area contributed by atoms with Crippen LogP contribution in [-0.4, -0.2) is 52.7 Å². The number of benzene rings is 2. The predicted molar refractivity (Wildman–Crippen MR) is 118 cm³/mol. The number of amides is 4. The van der Waals surface area contributed by atoms with Gasteiger partial charge in [-0.3, -0.25) is 55.4 Å². The number of hydrogen-bond donors (Lipinski definition) is 3. The van der Waals surface area contributed by atoms with E-state index in [9.17, 15) is 34.1 Å². The minimum atomic E-state index is -0.981. The number of nitrogens with one attached hydrogen (secondary N) is 3. The molecular weight excluding hydrogens is 486 g/mol. The van der Waals surface area contributed by atoms with E-state index in [1.165, 1.54) is 42.5 Å². The lowest BCUT2D eigenvalue weighted by molar-refractivity contribution is -0.385. The molecule has 2 aromatic carbocycles. The normalized spacial score (nSPS) is 14.7. The predicted octanol–water partition coefficient (Wildman–Crippen LogP) is 0.746. The number of nitrogens with zero attached hydrogens (tertiary/aromatic N) is 2. The molecule has 3 N–H and O–H groups in total. The first-order chi connectivity index (χ1) is 16.7. The van der Waals surface area contributed by atoms with Crippen LogP contribution in [0.5, 0.6) is 0 Å². The number of carbonyl (C=O) groups excluding carboxylic acids is 5. The molecule has 1 fully saturated rings. The van der Waals surface area contributed by atoms with Gasteiger partial charge in [-0.25, -0.2) is 0 Å². The molecule has 13 nitrogen and oxygen atoms in total. The second-order valence-corrected chi connectivity index (χ2v) is 7.67. The van der Waals surface area contributed by atoms with Gasteiger partial charge in [0, 0.05) is 23.1 Å². The minimum absolute atomic E-state index is 0.235. The fraction of sp³-hybridized carbons (Fsp3) is 0.190. The van der Waals surface area contributed by atoms with Crippen LogP contribution in [0, 0.1) is 16.0 Å². The van der Waals surface area contributed by atoms with Gasteiger partial charge in [0.25, 0.3) is 23.4 Å². The summed E-state index contributed by atoms with van der Waals surface area (Å²) in [5.41, 5.74) is 6.00. The zero-order valence-electron chi connectivity index (χ0n) is 17.9. The van der Waals surface area contributed by atoms with Crippen molar-refractivity contribution in [2.24, 2.45) is 5.92 Å². The summed E-state index contributed by atoms with van der Waals surface area (Å²) in [6, 6.07) is 11.1. The topological polar surface area (TPSA) is 177 Å². The van der Waals surface area contributed by atoms with Crippen LogP contribution < -0.4 is 16.3 Å². The number of hydrazine groups is 2. The van der Waals surface area contributed by atoms with E-state index in [0.29, 0.717) is 5.02 Å². The maximum absolute atomic E-state index is 12.4. The van der Waals surface area contributed by atoms with Gasteiger partial charge in [0.1, 0.15) is 5.56 Å². The van der Waals surface area contributed by atoms with Gasteiger partial charge in [0.05, 0.1) is 17.4 Å². The van der Waals surface area contributed by atoms with E-state index < -0.39 is 52.7 Å². The van der Waals surface area contributed by atoms with Gasteiger partial charge in [-0.05, 0) is 30.3 Å². The molecule has 1 saturated heterocycles. The number of esters is 1. The lowest BCUT2D eigenvalue weighted by Gasteiger charge is -2.17. The molecule has 1 aliphatic heterocycles. The Balaban J connectivity index is 1.46. The Morgan fingerprint density at radius 2 is 1.74 bits per heavy atom. The maximum atomic E-state index is 12.4. The second kappa shape index (κ2) is 11.1. The van der Waals surface area contributed by atoms with Crippen LogP contribution in [-0.2, 0) is 19.1 Å². The Morgan fingerprint density at radius 1 is 1.06 bits per heavy atom. The van der Waals surface area contributed by atoms with E-state index in [4.69, 9.17) is 16.3 Å². The van der Waals surface area contributed by atoms with Crippen LogP contribution >= 0.6 is 11.6 Å². The molecule has 3 rings (SSSR count). The molecule has 0 spiro atoms. The molecule has 1 aliphatic rings. The number of carbonyl (C=O) groups is 5. The number of para-hydroxylation sites is 1. The Morgan fingerprint density at radius 3 is 2.43 bits per heavy atom. The molecular formula is C21H18ClN5O8. The summed E-state index contributed by atoms with van der Waals surface area (Å²) in [6.45, 7) is -0.980. The molecule has 1 atom stereocenters. The lowest BCUT2D eigenvalue weighted by atomic mass is 10.1. The average Bonchev–Trinajstić information content (AvgIpc) is 3.21. The number of nitro benzene ring substituents is 1. The third-order valence-corrected chi connectivity index (χ3v) is 5.06. The van der Waals surface area contributed by atoms with Crippen molar-refractivity contribution in [2.45, 2.75) is 6.42 Å². The number of halogens is 1. The molecule has 0 radical (unpaired) electrons. The first kappa shape index (κ1) is 25.1. The van der Waals surface area contributed by atoms with Crippen molar-refractivity contribution in [3.8, 4) is 0 Å². The van der Waals surface area contributed by atoms with Crippen LogP contribution in [0.2, 0.25) is 5.02 Å². The van der Waals surface area contributed by atoms with Crippen molar-refractivity contribution in [1.29, 1.82) is 0 Å². The molecule has 35 heavy (non-hydrogen) atoms. The number of nitro groups is 1. The largest absolute Gasteiger partial charge is 0.455 e. The Labute approximate surface area is 202 Å². The van der Waals surface area contributed by atoms with Gasteiger partial charge in [0.15, 0.2) is 6.61 Å². The van der Waals surface area contributed by atoms with E-state index >= 15 is 0 Å². The molecule has 0 unspecified atom stereocenters. The van der Waals surface area contributed by atoms with Crippen molar-refractivity contribution in [1.82, 2.24) is 21.3 Å². The lowest BCUT2D eigenvalue weighted by Crippen LogP contribution is -2.44. The summed E-state index contributed by atoms with van der Waals surface area (Å²) in [6.07, 6.45) is -0.301. The summed E-state index contributed by atoms with van der Waals surface area (Å²) in [5.74, 6) is -4.81. The first-order valence-electron chi connectivity index (χ1n) is 10.0. The van der Waals surface area contributed by atoms with E-state index in [1.54, 1.807) is 0 Å². The van der Waals surface area contributed by atoms with E-state index in [2.05, 4.69) is 16.3 Å². The Hall–Kier alpha value is -4.52.